The highest BCUT2D eigenvalue weighted by Crippen LogP contribution is 2.34. The van der Waals surface area contributed by atoms with Crippen molar-refractivity contribution in [2.45, 2.75) is 43.9 Å². The summed E-state index contributed by atoms with van der Waals surface area (Å²) in [4.78, 5) is 16.0. The number of fused-ring (bicyclic) bond motifs is 1. The molecule has 30 heavy (non-hydrogen) atoms. The Morgan fingerprint density at radius 1 is 1.07 bits per heavy atom. The van der Waals surface area contributed by atoms with E-state index in [9.17, 15) is 22.4 Å². The van der Waals surface area contributed by atoms with Crippen molar-refractivity contribution in [3.05, 3.63) is 58.2 Å². The molecule has 1 fully saturated rings. The molecule has 0 bridgehead atoms. The molecule has 9 heteroatoms. The number of amides is 1. The van der Waals surface area contributed by atoms with Crippen LogP contribution in [-0.2, 0) is 6.18 Å². The van der Waals surface area contributed by atoms with Crippen LogP contribution in [0.25, 0.3) is 10.9 Å². The number of carbonyl (C=O) groups excluding carboxylic acids is 1. The van der Waals surface area contributed by atoms with Crippen molar-refractivity contribution in [1.29, 1.82) is 0 Å². The fourth-order valence-electron chi connectivity index (χ4n) is 3.75. The summed E-state index contributed by atoms with van der Waals surface area (Å²) >= 11 is 1.06. The number of para-hydroxylation sites is 1. The highest BCUT2D eigenvalue weighted by atomic mass is 32.1. The van der Waals surface area contributed by atoms with Crippen LogP contribution < -0.4 is 10.6 Å². The number of nitrogens with zero attached hydrogens (tertiary/aromatic N) is 1. The molecule has 1 amide bonds. The van der Waals surface area contributed by atoms with E-state index in [-0.39, 0.29) is 22.5 Å². The Kier molecular flexibility index (Phi) is 5.64. The van der Waals surface area contributed by atoms with Crippen LogP contribution in [0.3, 0.4) is 0 Å². The van der Waals surface area contributed by atoms with Crippen molar-refractivity contribution in [2.24, 2.45) is 0 Å². The Balaban J connectivity index is 1.43. The summed E-state index contributed by atoms with van der Waals surface area (Å²) in [5.41, 5.74) is -0.238. The summed E-state index contributed by atoms with van der Waals surface area (Å²) < 4.78 is 53.3. The third-order valence-corrected chi connectivity index (χ3v) is 6.14. The lowest BCUT2D eigenvalue weighted by Crippen LogP contribution is -2.40. The summed E-state index contributed by atoms with van der Waals surface area (Å²) in [5.74, 6) is -0.952. The molecule has 2 heterocycles. The number of hydrogen-bond donors (Lipinski definition) is 2. The van der Waals surface area contributed by atoms with Gasteiger partial charge in [-0.25, -0.2) is 9.37 Å². The van der Waals surface area contributed by atoms with Crippen molar-refractivity contribution in [2.75, 3.05) is 5.32 Å². The topological polar surface area (TPSA) is 54.0 Å². The van der Waals surface area contributed by atoms with E-state index in [2.05, 4.69) is 15.6 Å². The van der Waals surface area contributed by atoms with E-state index in [1.165, 1.54) is 11.4 Å². The normalized spacial score (nSPS) is 19.6. The molecule has 2 N–H and O–H groups in total. The van der Waals surface area contributed by atoms with Crippen LogP contribution in [0, 0.1) is 5.82 Å². The minimum absolute atomic E-state index is 0.0245. The lowest BCUT2D eigenvalue weighted by Gasteiger charge is -2.30. The number of alkyl halides is 3. The summed E-state index contributed by atoms with van der Waals surface area (Å²) in [5, 5.41) is 8.25. The molecule has 1 aromatic carbocycles. The van der Waals surface area contributed by atoms with E-state index >= 15 is 0 Å². The molecule has 2 aromatic heterocycles. The molecule has 0 atom stereocenters. The van der Waals surface area contributed by atoms with Gasteiger partial charge in [-0.15, -0.1) is 11.3 Å². The molecule has 158 valence electrons. The van der Waals surface area contributed by atoms with Crippen molar-refractivity contribution in [3.8, 4) is 0 Å². The molecule has 0 spiro atoms. The number of halogens is 4. The molecule has 1 aliphatic rings. The maximum atomic E-state index is 13.6. The molecular weight excluding hydrogens is 418 g/mol. The Labute approximate surface area is 174 Å². The SMILES string of the molecule is O=C(NC1CCC(Nc2cc(C(F)(F)F)nc3ccccc23)CC1)c1sccc1F. The van der Waals surface area contributed by atoms with Gasteiger partial charge in [0.1, 0.15) is 16.4 Å². The average Bonchev–Trinajstić information content (AvgIpc) is 3.15. The predicted molar refractivity (Wildman–Crippen MR) is 108 cm³/mol. The van der Waals surface area contributed by atoms with Gasteiger partial charge >= 0.3 is 6.18 Å². The molecule has 0 aliphatic heterocycles. The van der Waals surface area contributed by atoms with Crippen LogP contribution in [-0.4, -0.2) is 23.0 Å². The van der Waals surface area contributed by atoms with E-state index in [4.69, 9.17) is 0 Å². The first kappa shape index (κ1) is 20.6. The monoisotopic (exact) mass is 437 g/mol. The molecular formula is C21H19F4N3OS. The zero-order valence-electron chi connectivity index (χ0n) is 15.8. The van der Waals surface area contributed by atoms with Gasteiger partial charge in [0.25, 0.3) is 5.91 Å². The highest BCUT2D eigenvalue weighted by Gasteiger charge is 2.34. The van der Waals surface area contributed by atoms with Gasteiger partial charge in [-0.3, -0.25) is 4.79 Å². The second-order valence-electron chi connectivity index (χ2n) is 7.33. The predicted octanol–water partition coefficient (Wildman–Crippen LogP) is 5.61. The van der Waals surface area contributed by atoms with Gasteiger partial charge in [0.15, 0.2) is 0 Å². The molecule has 3 aromatic rings. The van der Waals surface area contributed by atoms with Gasteiger partial charge < -0.3 is 10.6 Å². The van der Waals surface area contributed by atoms with E-state index < -0.39 is 23.6 Å². The van der Waals surface area contributed by atoms with Crippen molar-refractivity contribution >= 4 is 33.8 Å². The van der Waals surface area contributed by atoms with Crippen LogP contribution in [0.15, 0.2) is 41.8 Å². The number of benzene rings is 1. The molecule has 0 saturated heterocycles. The second-order valence-corrected chi connectivity index (χ2v) is 8.25. The summed E-state index contributed by atoms with van der Waals surface area (Å²) in [7, 11) is 0. The van der Waals surface area contributed by atoms with Crippen molar-refractivity contribution in [3.63, 3.8) is 0 Å². The zero-order valence-corrected chi connectivity index (χ0v) is 16.6. The fourth-order valence-corrected chi connectivity index (χ4v) is 4.42. The van der Waals surface area contributed by atoms with Gasteiger partial charge in [-0.2, -0.15) is 13.2 Å². The van der Waals surface area contributed by atoms with Crippen LogP contribution in [0.2, 0.25) is 0 Å². The lowest BCUT2D eigenvalue weighted by atomic mass is 9.90. The Hall–Kier alpha value is -2.68. The van der Waals surface area contributed by atoms with Gasteiger partial charge in [0.05, 0.1) is 5.52 Å². The highest BCUT2D eigenvalue weighted by molar-refractivity contribution is 7.12. The third-order valence-electron chi connectivity index (χ3n) is 5.25. The number of pyridine rings is 1. The van der Waals surface area contributed by atoms with E-state index in [0.29, 0.717) is 36.8 Å². The first-order chi connectivity index (χ1) is 14.3. The zero-order chi connectivity index (χ0) is 21.3. The minimum atomic E-state index is -4.53. The number of rotatable bonds is 4. The molecule has 1 aliphatic carbocycles. The molecule has 4 rings (SSSR count). The fraction of sp³-hybridized carbons (Fsp3) is 0.333. The van der Waals surface area contributed by atoms with Gasteiger partial charge in [-0.1, -0.05) is 18.2 Å². The van der Waals surface area contributed by atoms with Gasteiger partial charge in [-0.05, 0) is 49.3 Å². The quantitative estimate of drug-likeness (QED) is 0.522. The van der Waals surface area contributed by atoms with Crippen LogP contribution in [0.5, 0.6) is 0 Å². The number of carbonyl (C=O) groups is 1. The first-order valence-corrected chi connectivity index (χ1v) is 10.5. The molecule has 4 nitrogen and oxygen atoms in total. The van der Waals surface area contributed by atoms with Crippen molar-refractivity contribution < 1.29 is 22.4 Å². The first-order valence-electron chi connectivity index (χ1n) is 9.58. The Bertz CT molecular complexity index is 1060. The average molecular weight is 437 g/mol. The van der Waals surface area contributed by atoms with Gasteiger partial charge in [0.2, 0.25) is 0 Å². The standard InChI is InChI=1S/C21H19F4N3OS/c22-15-9-10-30-19(15)20(29)27-13-7-5-12(6-8-13)26-17-11-18(21(23,24)25)28-16-4-2-1-3-14(16)17/h1-4,9-13H,5-8H2,(H,26,28)(H,27,29). The molecule has 0 unspecified atom stereocenters. The van der Waals surface area contributed by atoms with Crippen LogP contribution in [0.1, 0.15) is 41.0 Å². The summed E-state index contributed by atoms with van der Waals surface area (Å²) in [6.07, 6.45) is -1.86. The van der Waals surface area contributed by atoms with Crippen LogP contribution >= 0.6 is 11.3 Å². The van der Waals surface area contributed by atoms with E-state index in [1.807, 2.05) is 0 Å². The van der Waals surface area contributed by atoms with E-state index in [1.54, 1.807) is 24.3 Å². The molecule has 0 radical (unpaired) electrons. The number of hydrogen-bond acceptors (Lipinski definition) is 4. The molecule has 1 saturated carbocycles. The third kappa shape index (κ3) is 4.40. The smallest absolute Gasteiger partial charge is 0.382 e. The maximum absolute atomic E-state index is 13.6. The Morgan fingerprint density at radius 3 is 2.43 bits per heavy atom. The maximum Gasteiger partial charge on any atom is 0.433 e. The van der Waals surface area contributed by atoms with Crippen molar-refractivity contribution in [1.82, 2.24) is 10.3 Å². The number of anilines is 1. The largest absolute Gasteiger partial charge is 0.433 e. The number of nitrogens with one attached hydrogen (secondary N) is 2. The lowest BCUT2D eigenvalue weighted by molar-refractivity contribution is -0.140. The summed E-state index contributed by atoms with van der Waals surface area (Å²) in [6.45, 7) is 0. The van der Waals surface area contributed by atoms with E-state index in [0.717, 1.165) is 17.4 Å². The van der Waals surface area contributed by atoms with Crippen LogP contribution in [0.4, 0.5) is 23.2 Å². The summed E-state index contributed by atoms with van der Waals surface area (Å²) in [6, 6.07) is 8.92. The Morgan fingerprint density at radius 2 is 1.77 bits per heavy atom. The second kappa shape index (κ2) is 8.22. The number of thiophene rings is 1. The number of aromatic nitrogens is 1. The minimum Gasteiger partial charge on any atom is -0.382 e. The van der Waals surface area contributed by atoms with Gasteiger partial charge in [0, 0.05) is 23.2 Å².